The molecule has 0 saturated heterocycles. The fourth-order valence-corrected chi connectivity index (χ4v) is 2.35. The van der Waals surface area contributed by atoms with Crippen molar-refractivity contribution in [2.45, 2.75) is 0 Å². The Morgan fingerprint density at radius 2 is 1.92 bits per heavy atom. The first kappa shape index (κ1) is 17.7. The Morgan fingerprint density at radius 3 is 2.54 bits per heavy atom. The van der Waals surface area contributed by atoms with E-state index in [0.717, 1.165) is 0 Å². The predicted octanol–water partition coefficient (Wildman–Crippen LogP) is 2.63. The van der Waals surface area contributed by atoms with E-state index < -0.39 is 0 Å². The fraction of sp³-hybridized carbons (Fsp3) is 0.188. The van der Waals surface area contributed by atoms with E-state index in [-0.39, 0.29) is 5.91 Å². The number of hydrogen-bond donors (Lipinski definition) is 1. The third-order valence-electron chi connectivity index (χ3n) is 3.07. The zero-order valence-corrected chi connectivity index (χ0v) is 15.0. The number of ether oxygens (including phenoxy) is 3. The third-order valence-corrected chi connectivity index (χ3v) is 3.51. The first-order chi connectivity index (χ1) is 11.6. The molecule has 0 atom stereocenters. The lowest BCUT2D eigenvalue weighted by atomic mass is 10.2. The van der Waals surface area contributed by atoms with Crippen molar-refractivity contribution >= 4 is 28.1 Å². The van der Waals surface area contributed by atoms with Gasteiger partial charge in [-0.15, -0.1) is 0 Å². The smallest absolute Gasteiger partial charge is 0.272 e. The van der Waals surface area contributed by atoms with Crippen LogP contribution in [-0.2, 0) is 0 Å². The van der Waals surface area contributed by atoms with Gasteiger partial charge in [-0.25, -0.2) is 5.43 Å². The number of aromatic nitrogens is 1. The van der Waals surface area contributed by atoms with Gasteiger partial charge in [0.05, 0.1) is 33.1 Å². The number of carbonyl (C=O) groups is 1. The van der Waals surface area contributed by atoms with Crippen molar-refractivity contribution in [1.29, 1.82) is 0 Å². The number of amides is 1. The van der Waals surface area contributed by atoms with E-state index >= 15 is 0 Å². The van der Waals surface area contributed by atoms with Crippen LogP contribution < -0.4 is 19.6 Å². The van der Waals surface area contributed by atoms with Crippen molar-refractivity contribution in [3.8, 4) is 17.2 Å². The molecule has 126 valence electrons. The highest BCUT2D eigenvalue weighted by Gasteiger charge is 2.14. The number of halogens is 1. The summed E-state index contributed by atoms with van der Waals surface area (Å²) < 4.78 is 16.6. The van der Waals surface area contributed by atoms with E-state index in [2.05, 4.69) is 31.4 Å². The topological polar surface area (TPSA) is 82.0 Å². The molecule has 1 aromatic carbocycles. The number of nitrogens with zero attached hydrogens (tertiary/aromatic N) is 2. The molecule has 0 bridgehead atoms. The summed E-state index contributed by atoms with van der Waals surface area (Å²) in [5.74, 6) is 1.07. The predicted molar refractivity (Wildman–Crippen MR) is 93.1 cm³/mol. The summed E-state index contributed by atoms with van der Waals surface area (Å²) in [5, 5.41) is 3.94. The summed E-state index contributed by atoms with van der Waals surface area (Å²) in [4.78, 5) is 15.9. The van der Waals surface area contributed by atoms with Crippen molar-refractivity contribution < 1.29 is 19.0 Å². The highest BCUT2D eigenvalue weighted by atomic mass is 79.9. The minimum absolute atomic E-state index is 0.375. The van der Waals surface area contributed by atoms with Crippen molar-refractivity contribution in [3.05, 3.63) is 46.2 Å². The zero-order valence-electron chi connectivity index (χ0n) is 13.4. The quantitative estimate of drug-likeness (QED) is 0.602. The monoisotopic (exact) mass is 393 g/mol. The third kappa shape index (κ3) is 4.02. The Morgan fingerprint density at radius 1 is 1.17 bits per heavy atom. The van der Waals surface area contributed by atoms with Gasteiger partial charge in [0.25, 0.3) is 5.91 Å². The molecule has 24 heavy (non-hydrogen) atoms. The van der Waals surface area contributed by atoms with Crippen molar-refractivity contribution in [2.75, 3.05) is 21.3 Å². The number of hydrogen-bond acceptors (Lipinski definition) is 6. The van der Waals surface area contributed by atoms with Crippen LogP contribution in [0.4, 0.5) is 0 Å². The van der Waals surface area contributed by atoms with E-state index in [4.69, 9.17) is 14.2 Å². The normalized spacial score (nSPS) is 10.5. The second-order valence-electron chi connectivity index (χ2n) is 4.51. The molecule has 8 heteroatoms. The first-order valence-electron chi connectivity index (χ1n) is 6.83. The summed E-state index contributed by atoms with van der Waals surface area (Å²) in [6.45, 7) is 0. The van der Waals surface area contributed by atoms with Crippen LogP contribution in [0, 0.1) is 0 Å². The molecule has 0 radical (unpaired) electrons. The number of carbonyl (C=O) groups excluding carboxylic acids is 1. The molecule has 2 aromatic rings. The maximum absolute atomic E-state index is 12.0. The van der Waals surface area contributed by atoms with Gasteiger partial charge in [0.2, 0.25) is 5.75 Å². The number of rotatable bonds is 6. The van der Waals surface area contributed by atoms with E-state index in [1.165, 1.54) is 33.7 Å². The molecule has 0 aliphatic carbocycles. The summed E-state index contributed by atoms with van der Waals surface area (Å²) in [5.41, 5.74) is 3.45. The molecule has 0 saturated carbocycles. The van der Waals surface area contributed by atoms with Crippen LogP contribution >= 0.6 is 15.9 Å². The van der Waals surface area contributed by atoms with Gasteiger partial charge in [-0.1, -0.05) is 0 Å². The number of methoxy groups -OCH3 is 3. The first-order valence-corrected chi connectivity index (χ1v) is 7.63. The van der Waals surface area contributed by atoms with Gasteiger partial charge in [-0.05, 0) is 34.1 Å². The number of benzene rings is 1. The maximum atomic E-state index is 12.0. The molecule has 1 amide bonds. The Hall–Kier alpha value is -2.61. The van der Waals surface area contributed by atoms with Crippen molar-refractivity contribution in [1.82, 2.24) is 10.4 Å². The molecular formula is C16H16BrN3O4. The number of nitrogens with one attached hydrogen (secondary N) is 1. The van der Waals surface area contributed by atoms with Crippen LogP contribution in [0.2, 0.25) is 0 Å². The lowest BCUT2D eigenvalue weighted by molar-refractivity contribution is 0.0954. The van der Waals surface area contributed by atoms with Gasteiger partial charge < -0.3 is 14.2 Å². The Labute approximate surface area is 147 Å². The molecule has 1 N–H and O–H groups in total. The van der Waals surface area contributed by atoms with Crippen LogP contribution in [0.1, 0.15) is 15.9 Å². The van der Waals surface area contributed by atoms with Gasteiger partial charge in [0.15, 0.2) is 11.5 Å². The summed E-state index contributed by atoms with van der Waals surface area (Å²) in [6, 6.07) is 5.12. The van der Waals surface area contributed by atoms with Crippen molar-refractivity contribution in [3.63, 3.8) is 0 Å². The molecule has 1 aromatic heterocycles. The summed E-state index contributed by atoms with van der Waals surface area (Å²) in [7, 11) is 4.57. The van der Waals surface area contributed by atoms with Gasteiger partial charge in [0.1, 0.15) is 0 Å². The highest BCUT2D eigenvalue weighted by Crippen LogP contribution is 2.38. The molecule has 7 nitrogen and oxygen atoms in total. The van der Waals surface area contributed by atoms with Crippen LogP contribution in [0.25, 0.3) is 0 Å². The standard InChI is InChI=1S/C16H16BrN3O4/c1-22-13-5-4-10(14(23-2)15(13)24-3)8-19-20-16(21)11-6-12(17)9-18-7-11/h4-9H,1-3H3,(H,20,21)/b19-8+. The minimum atomic E-state index is -0.375. The fourth-order valence-electron chi connectivity index (χ4n) is 1.99. The molecule has 0 unspecified atom stereocenters. The van der Waals surface area contributed by atoms with E-state index in [0.29, 0.717) is 32.8 Å². The minimum Gasteiger partial charge on any atom is -0.493 e. The SMILES string of the molecule is COc1ccc(/C=N/NC(=O)c2cncc(Br)c2)c(OC)c1OC. The zero-order chi connectivity index (χ0) is 17.5. The van der Waals surface area contributed by atoms with Crippen LogP contribution in [0.3, 0.4) is 0 Å². The molecule has 2 rings (SSSR count). The van der Waals surface area contributed by atoms with E-state index in [1.807, 2.05) is 0 Å². The van der Waals surface area contributed by atoms with Crippen LogP contribution in [-0.4, -0.2) is 38.4 Å². The average Bonchev–Trinajstić information content (AvgIpc) is 2.60. The van der Waals surface area contributed by atoms with Gasteiger partial charge >= 0.3 is 0 Å². The Kier molecular flexibility index (Phi) is 6.14. The molecule has 0 spiro atoms. The summed E-state index contributed by atoms with van der Waals surface area (Å²) >= 11 is 3.26. The number of hydrazone groups is 1. The second-order valence-corrected chi connectivity index (χ2v) is 5.43. The highest BCUT2D eigenvalue weighted by molar-refractivity contribution is 9.10. The molecule has 0 aliphatic heterocycles. The molecule has 0 aliphatic rings. The largest absolute Gasteiger partial charge is 0.493 e. The Balaban J connectivity index is 2.18. The van der Waals surface area contributed by atoms with Crippen LogP contribution in [0.5, 0.6) is 17.2 Å². The molecular weight excluding hydrogens is 378 g/mol. The van der Waals surface area contributed by atoms with E-state index in [9.17, 15) is 4.79 Å². The lowest BCUT2D eigenvalue weighted by Crippen LogP contribution is -2.17. The van der Waals surface area contributed by atoms with Crippen molar-refractivity contribution in [2.24, 2.45) is 5.10 Å². The Bertz CT molecular complexity index is 765. The lowest BCUT2D eigenvalue weighted by Gasteiger charge is -2.13. The van der Waals surface area contributed by atoms with Crippen LogP contribution in [0.15, 0.2) is 40.2 Å². The molecule has 1 heterocycles. The second kappa shape index (κ2) is 8.30. The van der Waals surface area contributed by atoms with E-state index in [1.54, 1.807) is 24.4 Å². The summed E-state index contributed by atoms with van der Waals surface area (Å²) in [6.07, 6.45) is 4.51. The average molecular weight is 394 g/mol. The van der Waals surface area contributed by atoms with Gasteiger partial charge in [-0.3, -0.25) is 9.78 Å². The molecule has 0 fully saturated rings. The number of pyridine rings is 1. The maximum Gasteiger partial charge on any atom is 0.272 e. The van der Waals surface area contributed by atoms with Gasteiger partial charge in [-0.2, -0.15) is 5.10 Å². The van der Waals surface area contributed by atoms with Gasteiger partial charge in [0, 0.05) is 22.4 Å².